The van der Waals surface area contributed by atoms with Crippen LogP contribution in [-0.2, 0) is 4.79 Å². The summed E-state index contributed by atoms with van der Waals surface area (Å²) in [4.78, 5) is 26.2. The molecule has 0 aliphatic carbocycles. The Morgan fingerprint density at radius 1 is 1.14 bits per heavy atom. The third-order valence-electron chi connectivity index (χ3n) is 5.34. The number of likely N-dealkylation sites (tertiary alicyclic amines) is 1. The highest BCUT2D eigenvalue weighted by atomic mass is 16.5. The van der Waals surface area contributed by atoms with Crippen LogP contribution in [0.25, 0.3) is 5.65 Å². The van der Waals surface area contributed by atoms with E-state index in [1.54, 1.807) is 24.3 Å². The SMILES string of the molecule is CCC(=O)c1ccc(OCC(=O)N2CCCC(c3nnc4ccccn34)C2)cc1. The summed E-state index contributed by atoms with van der Waals surface area (Å²) in [6, 6.07) is 12.8. The Labute approximate surface area is 169 Å². The molecule has 1 aliphatic rings. The number of benzene rings is 1. The fourth-order valence-electron chi connectivity index (χ4n) is 3.73. The summed E-state index contributed by atoms with van der Waals surface area (Å²) in [6.45, 7) is 3.15. The van der Waals surface area contributed by atoms with Crippen LogP contribution in [0.1, 0.15) is 48.3 Å². The summed E-state index contributed by atoms with van der Waals surface area (Å²) in [5.41, 5.74) is 1.48. The fourth-order valence-corrected chi connectivity index (χ4v) is 3.73. The molecule has 4 rings (SSSR count). The van der Waals surface area contributed by atoms with Crippen LogP contribution in [0.2, 0.25) is 0 Å². The summed E-state index contributed by atoms with van der Waals surface area (Å²) >= 11 is 0. The number of carbonyl (C=O) groups is 2. The number of piperidine rings is 1. The van der Waals surface area contributed by atoms with Gasteiger partial charge in [-0.05, 0) is 49.2 Å². The lowest BCUT2D eigenvalue weighted by atomic mass is 9.97. The molecule has 150 valence electrons. The second kappa shape index (κ2) is 8.43. The van der Waals surface area contributed by atoms with Gasteiger partial charge in [-0.1, -0.05) is 13.0 Å². The molecule has 3 aromatic rings. The van der Waals surface area contributed by atoms with Gasteiger partial charge in [0, 0.05) is 37.2 Å². The van der Waals surface area contributed by atoms with E-state index in [1.807, 2.05) is 40.6 Å². The Kier molecular flexibility index (Phi) is 5.55. The van der Waals surface area contributed by atoms with Crippen LogP contribution in [0.5, 0.6) is 5.75 Å². The number of amides is 1. The zero-order chi connectivity index (χ0) is 20.2. The average molecular weight is 392 g/mol. The number of Topliss-reactive ketones (excluding diaryl/α,β-unsaturated/α-hetero) is 1. The van der Waals surface area contributed by atoms with E-state index in [0.29, 0.717) is 24.3 Å². The topological polar surface area (TPSA) is 76.8 Å². The quantitative estimate of drug-likeness (QED) is 0.603. The molecule has 1 saturated heterocycles. The molecule has 1 aromatic carbocycles. The number of ether oxygens (including phenoxy) is 1. The van der Waals surface area contributed by atoms with E-state index in [0.717, 1.165) is 30.9 Å². The monoisotopic (exact) mass is 392 g/mol. The second-order valence-electron chi connectivity index (χ2n) is 7.26. The number of carbonyl (C=O) groups excluding carboxylic acids is 2. The Hall–Kier alpha value is -3.22. The first-order chi connectivity index (χ1) is 14.2. The van der Waals surface area contributed by atoms with Crippen molar-refractivity contribution in [1.29, 1.82) is 0 Å². The van der Waals surface area contributed by atoms with Gasteiger partial charge in [-0.15, -0.1) is 10.2 Å². The Bertz CT molecular complexity index is 1010. The first-order valence-corrected chi connectivity index (χ1v) is 9.99. The molecule has 0 N–H and O–H groups in total. The normalized spacial score (nSPS) is 16.7. The van der Waals surface area contributed by atoms with Crippen molar-refractivity contribution >= 4 is 17.3 Å². The van der Waals surface area contributed by atoms with E-state index >= 15 is 0 Å². The van der Waals surface area contributed by atoms with Gasteiger partial charge >= 0.3 is 0 Å². The average Bonchev–Trinajstić information content (AvgIpc) is 3.21. The fraction of sp³-hybridized carbons (Fsp3) is 0.364. The van der Waals surface area contributed by atoms with Crippen molar-refractivity contribution < 1.29 is 14.3 Å². The first-order valence-electron chi connectivity index (χ1n) is 9.99. The van der Waals surface area contributed by atoms with Crippen LogP contribution in [0.3, 0.4) is 0 Å². The number of hydrogen-bond donors (Lipinski definition) is 0. The van der Waals surface area contributed by atoms with Crippen LogP contribution in [0.15, 0.2) is 48.7 Å². The molecular formula is C22H24N4O3. The molecule has 1 amide bonds. The van der Waals surface area contributed by atoms with Gasteiger partial charge in [-0.25, -0.2) is 0 Å². The summed E-state index contributed by atoms with van der Waals surface area (Å²) in [5.74, 6) is 1.69. The van der Waals surface area contributed by atoms with Gasteiger partial charge in [0.2, 0.25) is 0 Å². The predicted molar refractivity (Wildman–Crippen MR) is 108 cm³/mol. The Balaban J connectivity index is 1.37. The third kappa shape index (κ3) is 4.13. The number of nitrogens with zero attached hydrogens (tertiary/aromatic N) is 4. The van der Waals surface area contributed by atoms with E-state index in [4.69, 9.17) is 4.74 Å². The summed E-state index contributed by atoms with van der Waals surface area (Å²) in [6.07, 6.45) is 4.33. The zero-order valence-electron chi connectivity index (χ0n) is 16.5. The Morgan fingerprint density at radius 3 is 2.76 bits per heavy atom. The van der Waals surface area contributed by atoms with Gasteiger partial charge in [0.1, 0.15) is 11.6 Å². The van der Waals surface area contributed by atoms with E-state index in [2.05, 4.69) is 10.2 Å². The number of aromatic nitrogens is 3. The minimum Gasteiger partial charge on any atom is -0.484 e. The zero-order valence-corrected chi connectivity index (χ0v) is 16.5. The molecular weight excluding hydrogens is 368 g/mol. The van der Waals surface area contributed by atoms with E-state index < -0.39 is 0 Å². The maximum absolute atomic E-state index is 12.7. The molecule has 0 bridgehead atoms. The van der Waals surface area contributed by atoms with Crippen LogP contribution >= 0.6 is 0 Å². The summed E-state index contributed by atoms with van der Waals surface area (Å²) in [7, 11) is 0. The van der Waals surface area contributed by atoms with Crippen molar-refractivity contribution in [2.24, 2.45) is 0 Å². The molecule has 0 saturated carbocycles. The van der Waals surface area contributed by atoms with Crippen LogP contribution in [0.4, 0.5) is 0 Å². The molecule has 0 spiro atoms. The van der Waals surface area contributed by atoms with Crippen LogP contribution in [-0.4, -0.2) is 50.9 Å². The van der Waals surface area contributed by atoms with E-state index in [1.165, 1.54) is 0 Å². The van der Waals surface area contributed by atoms with Gasteiger partial charge in [-0.2, -0.15) is 0 Å². The molecule has 2 aromatic heterocycles. The largest absolute Gasteiger partial charge is 0.484 e. The van der Waals surface area contributed by atoms with Crippen molar-refractivity contribution in [2.45, 2.75) is 32.1 Å². The summed E-state index contributed by atoms with van der Waals surface area (Å²) in [5, 5.41) is 8.58. The highest BCUT2D eigenvalue weighted by Crippen LogP contribution is 2.26. The van der Waals surface area contributed by atoms with Gasteiger partial charge < -0.3 is 9.64 Å². The first kappa shape index (κ1) is 19.1. The van der Waals surface area contributed by atoms with Gasteiger partial charge in [0.25, 0.3) is 5.91 Å². The van der Waals surface area contributed by atoms with Crippen molar-refractivity contribution in [3.05, 3.63) is 60.0 Å². The number of fused-ring (bicyclic) bond motifs is 1. The highest BCUT2D eigenvalue weighted by molar-refractivity contribution is 5.95. The number of rotatable bonds is 6. The van der Waals surface area contributed by atoms with Crippen LogP contribution in [0, 0.1) is 0 Å². The number of hydrogen-bond acceptors (Lipinski definition) is 5. The Morgan fingerprint density at radius 2 is 1.97 bits per heavy atom. The minimum atomic E-state index is -0.0442. The standard InChI is InChI=1S/C22H24N4O3/c1-2-19(27)16-8-10-18(11-9-16)29-15-21(28)25-12-5-6-17(14-25)22-24-23-20-7-3-4-13-26(20)22/h3-4,7-11,13,17H,2,5-6,12,14-15H2,1H3. The number of ketones is 1. The summed E-state index contributed by atoms with van der Waals surface area (Å²) < 4.78 is 7.64. The van der Waals surface area contributed by atoms with E-state index in [-0.39, 0.29) is 24.2 Å². The third-order valence-corrected chi connectivity index (χ3v) is 5.34. The lowest BCUT2D eigenvalue weighted by molar-refractivity contribution is -0.134. The van der Waals surface area contributed by atoms with Crippen molar-refractivity contribution in [1.82, 2.24) is 19.5 Å². The van der Waals surface area contributed by atoms with Crippen molar-refractivity contribution in [3.8, 4) is 5.75 Å². The lowest BCUT2D eigenvalue weighted by Gasteiger charge is -2.31. The van der Waals surface area contributed by atoms with Gasteiger partial charge in [0.15, 0.2) is 18.0 Å². The van der Waals surface area contributed by atoms with Crippen molar-refractivity contribution in [2.75, 3.05) is 19.7 Å². The predicted octanol–water partition coefficient (Wildman–Crippen LogP) is 3.11. The number of pyridine rings is 1. The van der Waals surface area contributed by atoms with Crippen molar-refractivity contribution in [3.63, 3.8) is 0 Å². The van der Waals surface area contributed by atoms with E-state index in [9.17, 15) is 9.59 Å². The molecule has 7 heteroatoms. The second-order valence-corrected chi connectivity index (χ2v) is 7.26. The van der Waals surface area contributed by atoms with Crippen LogP contribution < -0.4 is 4.74 Å². The molecule has 7 nitrogen and oxygen atoms in total. The minimum absolute atomic E-state index is 0.0195. The molecule has 29 heavy (non-hydrogen) atoms. The van der Waals surface area contributed by atoms with Gasteiger partial charge in [0.05, 0.1) is 0 Å². The molecule has 1 aliphatic heterocycles. The maximum Gasteiger partial charge on any atom is 0.260 e. The molecule has 1 fully saturated rings. The van der Waals surface area contributed by atoms with Gasteiger partial charge in [-0.3, -0.25) is 14.0 Å². The molecule has 1 unspecified atom stereocenters. The maximum atomic E-state index is 12.7. The smallest absolute Gasteiger partial charge is 0.260 e. The molecule has 0 radical (unpaired) electrons. The molecule has 3 heterocycles. The molecule has 1 atom stereocenters. The highest BCUT2D eigenvalue weighted by Gasteiger charge is 2.28. The lowest BCUT2D eigenvalue weighted by Crippen LogP contribution is -2.42.